The number of carboxylic acid groups (broad SMARTS) is 1. The van der Waals surface area contributed by atoms with Crippen LogP contribution < -0.4 is 0 Å². The molecule has 0 aromatic heterocycles. The van der Waals surface area contributed by atoms with Crippen molar-refractivity contribution < 1.29 is 19.4 Å². The Balaban J connectivity index is 2.78. The van der Waals surface area contributed by atoms with Gasteiger partial charge in [-0.25, -0.2) is 4.79 Å². The van der Waals surface area contributed by atoms with E-state index in [4.69, 9.17) is 4.74 Å². The zero-order valence-corrected chi connectivity index (χ0v) is 13.4. The number of ether oxygens (including phenoxy) is 1. The molecule has 0 aromatic carbocycles. The second kappa shape index (κ2) is 8.22. The highest BCUT2D eigenvalue weighted by Crippen LogP contribution is 2.35. The van der Waals surface area contributed by atoms with Gasteiger partial charge in [-0.1, -0.05) is 0 Å². The number of methoxy groups -OCH3 is 1. The lowest BCUT2D eigenvalue weighted by Crippen LogP contribution is -2.53. The van der Waals surface area contributed by atoms with E-state index in [0.717, 1.165) is 6.42 Å². The van der Waals surface area contributed by atoms with Crippen molar-refractivity contribution in [2.45, 2.75) is 39.5 Å². The number of carboxylic acids is 1. The van der Waals surface area contributed by atoms with Crippen LogP contribution in [0.5, 0.6) is 0 Å². The second-order valence-corrected chi connectivity index (χ2v) is 5.66. The van der Waals surface area contributed by atoms with E-state index in [1.165, 1.54) is 0 Å². The second-order valence-electron chi connectivity index (χ2n) is 5.66. The third-order valence-electron chi connectivity index (χ3n) is 4.34. The molecule has 1 aliphatic heterocycles. The normalized spacial score (nSPS) is 22.1. The SMILES string of the molecule is CCN(CC)C(=O)N1CCC[C@@](CCCOC)(C(=O)O)C1. The zero-order valence-electron chi connectivity index (χ0n) is 13.4. The van der Waals surface area contributed by atoms with Crippen molar-refractivity contribution in [1.29, 1.82) is 0 Å². The number of hydrogen-bond donors (Lipinski definition) is 1. The van der Waals surface area contributed by atoms with Gasteiger partial charge in [-0.3, -0.25) is 4.79 Å². The minimum Gasteiger partial charge on any atom is -0.481 e. The summed E-state index contributed by atoms with van der Waals surface area (Å²) in [7, 11) is 1.62. The van der Waals surface area contributed by atoms with Crippen LogP contribution in [0.2, 0.25) is 0 Å². The quantitative estimate of drug-likeness (QED) is 0.730. The maximum atomic E-state index is 12.4. The molecule has 6 nitrogen and oxygen atoms in total. The molecule has 1 fully saturated rings. The third kappa shape index (κ3) is 4.33. The summed E-state index contributed by atoms with van der Waals surface area (Å²) in [5, 5.41) is 9.65. The van der Waals surface area contributed by atoms with E-state index >= 15 is 0 Å². The van der Waals surface area contributed by atoms with Gasteiger partial charge in [0, 0.05) is 39.9 Å². The molecule has 0 aromatic rings. The number of carbonyl (C=O) groups excluding carboxylic acids is 1. The van der Waals surface area contributed by atoms with Crippen LogP contribution in [0.3, 0.4) is 0 Å². The number of hydrogen-bond acceptors (Lipinski definition) is 3. The Labute approximate surface area is 127 Å². The van der Waals surface area contributed by atoms with Crippen LogP contribution in [-0.2, 0) is 9.53 Å². The van der Waals surface area contributed by atoms with E-state index in [-0.39, 0.29) is 6.03 Å². The van der Waals surface area contributed by atoms with Crippen LogP contribution >= 0.6 is 0 Å². The maximum absolute atomic E-state index is 12.4. The summed E-state index contributed by atoms with van der Waals surface area (Å²) in [5.74, 6) is -0.796. The molecule has 122 valence electrons. The van der Waals surface area contributed by atoms with Crippen LogP contribution in [0.4, 0.5) is 4.79 Å². The fourth-order valence-electron chi connectivity index (χ4n) is 3.03. The largest absolute Gasteiger partial charge is 0.481 e. The van der Waals surface area contributed by atoms with Crippen molar-refractivity contribution in [3.63, 3.8) is 0 Å². The van der Waals surface area contributed by atoms with Gasteiger partial charge in [-0.15, -0.1) is 0 Å². The summed E-state index contributed by atoms with van der Waals surface area (Å²) in [5.41, 5.74) is -0.820. The molecule has 0 aliphatic carbocycles. The molecule has 0 radical (unpaired) electrons. The number of nitrogens with zero attached hydrogens (tertiary/aromatic N) is 2. The van der Waals surface area contributed by atoms with Gasteiger partial charge < -0.3 is 19.6 Å². The first kappa shape index (κ1) is 17.8. The van der Waals surface area contributed by atoms with E-state index in [1.54, 1.807) is 16.9 Å². The van der Waals surface area contributed by atoms with E-state index in [2.05, 4.69) is 0 Å². The topological polar surface area (TPSA) is 70.1 Å². The van der Waals surface area contributed by atoms with Crippen LogP contribution in [-0.4, -0.2) is 66.8 Å². The van der Waals surface area contributed by atoms with E-state index in [0.29, 0.717) is 52.0 Å². The van der Waals surface area contributed by atoms with E-state index in [1.807, 2.05) is 13.8 Å². The number of aliphatic carboxylic acids is 1. The van der Waals surface area contributed by atoms with Gasteiger partial charge in [0.05, 0.1) is 5.41 Å². The number of likely N-dealkylation sites (tertiary alicyclic amines) is 1. The van der Waals surface area contributed by atoms with Gasteiger partial charge in [0.25, 0.3) is 0 Å². The van der Waals surface area contributed by atoms with Crippen molar-refractivity contribution in [3.8, 4) is 0 Å². The van der Waals surface area contributed by atoms with Crippen molar-refractivity contribution in [1.82, 2.24) is 9.80 Å². The minimum absolute atomic E-state index is 0.0444. The highest BCUT2D eigenvalue weighted by Gasteiger charge is 2.43. The highest BCUT2D eigenvalue weighted by atomic mass is 16.5. The standard InChI is InChI=1S/C15H28N2O4/c1-4-16(5-2)14(20)17-10-6-8-15(12-17,13(18)19)9-7-11-21-3/h4-12H2,1-3H3,(H,18,19)/t15-/m0/s1. The molecule has 21 heavy (non-hydrogen) atoms. The van der Waals surface area contributed by atoms with Crippen molar-refractivity contribution in [3.05, 3.63) is 0 Å². The fraction of sp³-hybridized carbons (Fsp3) is 0.867. The molecule has 0 bridgehead atoms. The number of urea groups is 1. The van der Waals surface area contributed by atoms with Gasteiger partial charge in [-0.05, 0) is 39.5 Å². The molecule has 1 aliphatic rings. The molecule has 1 atom stereocenters. The molecule has 1 heterocycles. The molecular formula is C15H28N2O4. The summed E-state index contributed by atoms with van der Waals surface area (Å²) in [6.07, 6.45) is 2.63. The summed E-state index contributed by atoms with van der Waals surface area (Å²) < 4.78 is 5.02. The average molecular weight is 300 g/mol. The van der Waals surface area contributed by atoms with Gasteiger partial charge in [0.1, 0.15) is 0 Å². The van der Waals surface area contributed by atoms with Crippen molar-refractivity contribution >= 4 is 12.0 Å². The molecule has 1 rings (SSSR count). The predicted octanol–water partition coefficient (Wildman–Crippen LogP) is 2.04. The first-order valence-electron chi connectivity index (χ1n) is 7.77. The van der Waals surface area contributed by atoms with Crippen molar-refractivity contribution in [2.24, 2.45) is 5.41 Å². The molecule has 0 saturated carbocycles. The Morgan fingerprint density at radius 3 is 2.52 bits per heavy atom. The Kier molecular flexibility index (Phi) is 6.95. The Morgan fingerprint density at radius 1 is 1.33 bits per heavy atom. The molecule has 6 heteroatoms. The molecular weight excluding hydrogens is 272 g/mol. The van der Waals surface area contributed by atoms with Crippen molar-refractivity contribution in [2.75, 3.05) is 39.9 Å². The van der Waals surface area contributed by atoms with E-state index < -0.39 is 11.4 Å². The average Bonchev–Trinajstić information content (AvgIpc) is 2.48. The Bertz CT molecular complexity index is 358. The summed E-state index contributed by atoms with van der Waals surface area (Å²) in [6.45, 7) is 6.68. The molecule has 2 amide bonds. The number of piperidine rings is 1. The first-order valence-corrected chi connectivity index (χ1v) is 7.77. The Morgan fingerprint density at radius 2 is 2.00 bits per heavy atom. The maximum Gasteiger partial charge on any atom is 0.320 e. The Hall–Kier alpha value is -1.30. The predicted molar refractivity (Wildman–Crippen MR) is 80.3 cm³/mol. The highest BCUT2D eigenvalue weighted by molar-refractivity contribution is 5.78. The fourth-order valence-corrected chi connectivity index (χ4v) is 3.03. The van der Waals surface area contributed by atoms with Crippen LogP contribution in [0.25, 0.3) is 0 Å². The summed E-state index contributed by atoms with van der Waals surface area (Å²) in [6, 6.07) is -0.0444. The van der Waals surface area contributed by atoms with Crippen LogP contribution in [0.15, 0.2) is 0 Å². The van der Waals surface area contributed by atoms with E-state index in [9.17, 15) is 14.7 Å². The number of rotatable bonds is 7. The first-order chi connectivity index (χ1) is 10.0. The summed E-state index contributed by atoms with van der Waals surface area (Å²) in [4.78, 5) is 27.6. The summed E-state index contributed by atoms with van der Waals surface area (Å²) >= 11 is 0. The van der Waals surface area contributed by atoms with Crippen LogP contribution in [0, 0.1) is 5.41 Å². The minimum atomic E-state index is -0.820. The molecule has 1 saturated heterocycles. The molecule has 0 spiro atoms. The lowest BCUT2D eigenvalue weighted by atomic mass is 9.76. The van der Waals surface area contributed by atoms with Gasteiger partial charge >= 0.3 is 12.0 Å². The monoisotopic (exact) mass is 300 g/mol. The third-order valence-corrected chi connectivity index (χ3v) is 4.34. The smallest absolute Gasteiger partial charge is 0.320 e. The molecule has 0 unspecified atom stereocenters. The van der Waals surface area contributed by atoms with Gasteiger partial charge in [0.15, 0.2) is 0 Å². The zero-order chi connectivity index (χ0) is 15.9. The number of carbonyl (C=O) groups is 2. The number of amides is 2. The van der Waals surface area contributed by atoms with Gasteiger partial charge in [-0.2, -0.15) is 0 Å². The lowest BCUT2D eigenvalue weighted by molar-refractivity contribution is -0.152. The van der Waals surface area contributed by atoms with Crippen LogP contribution in [0.1, 0.15) is 39.5 Å². The van der Waals surface area contributed by atoms with Gasteiger partial charge in [0.2, 0.25) is 0 Å². The lowest BCUT2D eigenvalue weighted by Gasteiger charge is -2.41. The molecule has 1 N–H and O–H groups in total.